The maximum atomic E-state index is 5.69. The number of aryl methyl sites for hydroxylation is 2. The Labute approximate surface area is 111 Å². The highest BCUT2D eigenvalue weighted by Gasteiger charge is 2.14. The second kappa shape index (κ2) is 5.22. The molecule has 6 heteroatoms. The number of nitrogens with zero attached hydrogens (tertiary/aromatic N) is 4. The summed E-state index contributed by atoms with van der Waals surface area (Å²) in [4.78, 5) is 8.94. The Bertz CT molecular complexity index is 576. The minimum Gasteiger partial charge on any atom is -0.388 e. The molecule has 5 nitrogen and oxygen atoms in total. The van der Waals surface area contributed by atoms with E-state index in [-0.39, 0.29) is 4.99 Å². The highest BCUT2D eigenvalue weighted by molar-refractivity contribution is 7.80. The van der Waals surface area contributed by atoms with Crippen LogP contribution in [0.5, 0.6) is 0 Å². The summed E-state index contributed by atoms with van der Waals surface area (Å²) in [7, 11) is 0. The number of rotatable bonds is 4. The van der Waals surface area contributed by atoms with Gasteiger partial charge in [0.05, 0.1) is 5.69 Å². The Morgan fingerprint density at radius 1 is 1.39 bits per heavy atom. The summed E-state index contributed by atoms with van der Waals surface area (Å²) >= 11 is 5.02. The third-order valence-corrected chi connectivity index (χ3v) is 2.79. The van der Waals surface area contributed by atoms with Gasteiger partial charge in [0, 0.05) is 19.0 Å². The maximum absolute atomic E-state index is 5.69. The fourth-order valence-corrected chi connectivity index (χ4v) is 1.88. The highest BCUT2D eigenvalue weighted by atomic mass is 32.1. The van der Waals surface area contributed by atoms with Crippen LogP contribution >= 0.6 is 12.2 Å². The SMILES string of the molecule is CCc1nc(CC)n(-c2cccnc2C(N)=S)n1. The Kier molecular flexibility index (Phi) is 3.66. The fraction of sp³-hybridized carbons (Fsp3) is 0.333. The number of aromatic nitrogens is 4. The second-order valence-electron chi connectivity index (χ2n) is 3.80. The quantitative estimate of drug-likeness (QED) is 0.843. The Morgan fingerprint density at radius 3 is 2.78 bits per heavy atom. The van der Waals surface area contributed by atoms with Crippen LogP contribution in [-0.2, 0) is 12.8 Å². The van der Waals surface area contributed by atoms with E-state index in [9.17, 15) is 0 Å². The van der Waals surface area contributed by atoms with Crippen molar-refractivity contribution in [2.75, 3.05) is 0 Å². The van der Waals surface area contributed by atoms with Gasteiger partial charge in [0.15, 0.2) is 5.82 Å². The Hall–Kier alpha value is -1.82. The summed E-state index contributed by atoms with van der Waals surface area (Å²) in [6, 6.07) is 3.73. The van der Waals surface area contributed by atoms with Crippen LogP contribution < -0.4 is 5.73 Å². The van der Waals surface area contributed by atoms with Crippen molar-refractivity contribution < 1.29 is 0 Å². The van der Waals surface area contributed by atoms with Crippen molar-refractivity contribution in [1.29, 1.82) is 0 Å². The maximum Gasteiger partial charge on any atom is 0.151 e. The molecule has 0 radical (unpaired) electrons. The van der Waals surface area contributed by atoms with Crippen LogP contribution in [0.4, 0.5) is 0 Å². The van der Waals surface area contributed by atoms with Crippen LogP contribution in [0.25, 0.3) is 5.69 Å². The molecule has 0 aromatic carbocycles. The lowest BCUT2D eigenvalue weighted by atomic mass is 10.3. The first kappa shape index (κ1) is 12.6. The van der Waals surface area contributed by atoms with Crippen LogP contribution in [0, 0.1) is 0 Å². The fourth-order valence-electron chi connectivity index (χ4n) is 1.72. The van der Waals surface area contributed by atoms with Gasteiger partial charge in [-0.25, -0.2) is 9.67 Å². The van der Waals surface area contributed by atoms with E-state index < -0.39 is 0 Å². The average Bonchev–Trinajstić information content (AvgIpc) is 2.81. The normalized spacial score (nSPS) is 10.6. The number of pyridine rings is 1. The zero-order valence-corrected chi connectivity index (χ0v) is 11.2. The Balaban J connectivity index is 2.61. The molecule has 2 rings (SSSR count). The number of hydrogen-bond donors (Lipinski definition) is 1. The molecule has 2 aromatic rings. The van der Waals surface area contributed by atoms with Crippen molar-refractivity contribution in [3.8, 4) is 5.69 Å². The third-order valence-electron chi connectivity index (χ3n) is 2.60. The Morgan fingerprint density at radius 2 is 2.17 bits per heavy atom. The van der Waals surface area contributed by atoms with Crippen LogP contribution in [0.3, 0.4) is 0 Å². The van der Waals surface area contributed by atoms with E-state index in [0.717, 1.165) is 30.2 Å². The summed E-state index contributed by atoms with van der Waals surface area (Å²) in [6.07, 6.45) is 3.25. The molecule has 0 spiro atoms. The molecule has 2 heterocycles. The first-order valence-electron chi connectivity index (χ1n) is 5.87. The van der Waals surface area contributed by atoms with Crippen molar-refractivity contribution in [2.24, 2.45) is 5.73 Å². The minimum atomic E-state index is 0.265. The van der Waals surface area contributed by atoms with Crippen LogP contribution in [0.15, 0.2) is 18.3 Å². The molecule has 18 heavy (non-hydrogen) atoms. The van der Waals surface area contributed by atoms with Gasteiger partial charge in [-0.2, -0.15) is 5.10 Å². The summed E-state index contributed by atoms with van der Waals surface area (Å²) in [6.45, 7) is 4.06. The average molecular weight is 261 g/mol. The van der Waals surface area contributed by atoms with E-state index in [1.807, 2.05) is 26.0 Å². The predicted molar refractivity (Wildman–Crippen MR) is 73.8 cm³/mol. The number of hydrogen-bond acceptors (Lipinski definition) is 4. The topological polar surface area (TPSA) is 69.6 Å². The standard InChI is InChI=1S/C12H15N5S/c1-3-9-15-10(4-2)17(16-9)8-6-5-7-14-11(8)12(13)18/h5-7H,3-4H2,1-2H3,(H2,13,18). The van der Waals surface area contributed by atoms with Gasteiger partial charge in [-0.3, -0.25) is 4.98 Å². The summed E-state index contributed by atoms with van der Waals surface area (Å²) in [5.74, 6) is 1.70. The largest absolute Gasteiger partial charge is 0.388 e. The van der Waals surface area contributed by atoms with Crippen molar-refractivity contribution >= 4 is 17.2 Å². The number of thiocarbonyl (C=S) groups is 1. The minimum absolute atomic E-state index is 0.265. The van der Waals surface area contributed by atoms with E-state index in [1.165, 1.54) is 0 Å². The molecule has 0 saturated carbocycles. The van der Waals surface area contributed by atoms with Gasteiger partial charge in [0.1, 0.15) is 16.5 Å². The molecule has 0 saturated heterocycles. The lowest BCUT2D eigenvalue weighted by molar-refractivity contribution is 0.785. The van der Waals surface area contributed by atoms with Crippen molar-refractivity contribution in [1.82, 2.24) is 19.7 Å². The molecule has 0 aliphatic carbocycles. The van der Waals surface area contributed by atoms with E-state index in [2.05, 4.69) is 15.1 Å². The van der Waals surface area contributed by atoms with E-state index in [1.54, 1.807) is 10.9 Å². The van der Waals surface area contributed by atoms with Gasteiger partial charge in [-0.15, -0.1) is 0 Å². The van der Waals surface area contributed by atoms with E-state index in [0.29, 0.717) is 5.69 Å². The van der Waals surface area contributed by atoms with Crippen molar-refractivity contribution in [3.63, 3.8) is 0 Å². The molecular weight excluding hydrogens is 246 g/mol. The zero-order chi connectivity index (χ0) is 13.1. The van der Waals surface area contributed by atoms with Crippen LogP contribution in [0.2, 0.25) is 0 Å². The molecular formula is C12H15N5S. The van der Waals surface area contributed by atoms with Crippen LogP contribution in [-0.4, -0.2) is 24.7 Å². The van der Waals surface area contributed by atoms with Crippen LogP contribution in [0.1, 0.15) is 31.2 Å². The van der Waals surface area contributed by atoms with Crippen molar-refractivity contribution in [3.05, 3.63) is 35.7 Å². The summed E-state index contributed by atoms with van der Waals surface area (Å²) in [5.41, 5.74) is 7.05. The number of nitrogens with two attached hydrogens (primary N) is 1. The molecule has 0 unspecified atom stereocenters. The van der Waals surface area contributed by atoms with E-state index >= 15 is 0 Å². The second-order valence-corrected chi connectivity index (χ2v) is 4.24. The smallest absolute Gasteiger partial charge is 0.151 e. The third kappa shape index (κ3) is 2.24. The highest BCUT2D eigenvalue weighted by Crippen LogP contribution is 2.14. The molecule has 0 aliphatic rings. The molecule has 0 bridgehead atoms. The summed E-state index contributed by atoms with van der Waals surface area (Å²) in [5, 5.41) is 4.46. The first-order valence-corrected chi connectivity index (χ1v) is 6.28. The molecule has 2 aromatic heterocycles. The summed E-state index contributed by atoms with van der Waals surface area (Å²) < 4.78 is 1.78. The zero-order valence-electron chi connectivity index (χ0n) is 10.4. The van der Waals surface area contributed by atoms with Gasteiger partial charge < -0.3 is 5.73 Å². The molecule has 0 aliphatic heterocycles. The monoisotopic (exact) mass is 261 g/mol. The molecule has 94 valence electrons. The van der Waals surface area contributed by atoms with Gasteiger partial charge in [0.25, 0.3) is 0 Å². The van der Waals surface area contributed by atoms with Gasteiger partial charge in [-0.1, -0.05) is 26.1 Å². The van der Waals surface area contributed by atoms with Gasteiger partial charge in [-0.05, 0) is 12.1 Å². The first-order chi connectivity index (χ1) is 8.67. The van der Waals surface area contributed by atoms with Crippen molar-refractivity contribution in [2.45, 2.75) is 26.7 Å². The van der Waals surface area contributed by atoms with Gasteiger partial charge >= 0.3 is 0 Å². The lowest BCUT2D eigenvalue weighted by Gasteiger charge is -2.08. The molecule has 2 N–H and O–H groups in total. The molecule has 0 fully saturated rings. The lowest BCUT2D eigenvalue weighted by Crippen LogP contribution is -2.16. The van der Waals surface area contributed by atoms with E-state index in [4.69, 9.17) is 18.0 Å². The molecule has 0 atom stereocenters. The molecule has 0 amide bonds. The predicted octanol–water partition coefficient (Wildman–Crippen LogP) is 1.42. The van der Waals surface area contributed by atoms with Gasteiger partial charge in [0.2, 0.25) is 0 Å².